The highest BCUT2D eigenvalue weighted by molar-refractivity contribution is 9.11. The standard InChI is InChI=1S/C21H21BrN2O3S2/c1-3-24(17-9-5-4-6-10-17)29(26,27)19-11-7-8-16(14-19)21(25)23(2)15-18-12-13-20(22)28-18/h4-14H,3,15H2,1-2H3. The summed E-state index contributed by atoms with van der Waals surface area (Å²) in [6.07, 6.45) is 0. The molecular weight excluding hydrogens is 472 g/mol. The number of hydrogen-bond donors (Lipinski definition) is 0. The summed E-state index contributed by atoms with van der Waals surface area (Å²) >= 11 is 4.98. The van der Waals surface area contributed by atoms with Crippen molar-refractivity contribution < 1.29 is 13.2 Å². The Bertz CT molecular complexity index is 1100. The van der Waals surface area contributed by atoms with Gasteiger partial charge in [0.2, 0.25) is 0 Å². The molecule has 3 aromatic rings. The van der Waals surface area contributed by atoms with Crippen LogP contribution >= 0.6 is 27.3 Å². The van der Waals surface area contributed by atoms with Crippen LogP contribution in [0.25, 0.3) is 0 Å². The Morgan fingerprint density at radius 2 is 1.76 bits per heavy atom. The molecule has 0 saturated carbocycles. The summed E-state index contributed by atoms with van der Waals surface area (Å²) in [7, 11) is -2.08. The van der Waals surface area contributed by atoms with Gasteiger partial charge in [-0.25, -0.2) is 8.42 Å². The molecule has 0 bridgehead atoms. The lowest BCUT2D eigenvalue weighted by Crippen LogP contribution is -2.31. The van der Waals surface area contributed by atoms with E-state index in [1.807, 2.05) is 18.2 Å². The molecule has 0 N–H and O–H groups in total. The van der Waals surface area contributed by atoms with Crippen molar-refractivity contribution >= 4 is 48.9 Å². The first kappa shape index (κ1) is 21.5. The first-order valence-corrected chi connectivity index (χ1v) is 12.1. The van der Waals surface area contributed by atoms with Crippen molar-refractivity contribution in [1.82, 2.24) is 4.90 Å². The van der Waals surface area contributed by atoms with E-state index in [2.05, 4.69) is 15.9 Å². The number of sulfonamides is 1. The first-order chi connectivity index (χ1) is 13.8. The Morgan fingerprint density at radius 3 is 2.38 bits per heavy atom. The quantitative estimate of drug-likeness (QED) is 0.466. The van der Waals surface area contributed by atoms with Crippen LogP contribution in [0.4, 0.5) is 5.69 Å². The molecule has 1 heterocycles. The van der Waals surface area contributed by atoms with Gasteiger partial charge in [0.25, 0.3) is 15.9 Å². The highest BCUT2D eigenvalue weighted by Crippen LogP contribution is 2.25. The minimum atomic E-state index is -3.78. The molecule has 1 amide bonds. The number of hydrogen-bond acceptors (Lipinski definition) is 4. The number of nitrogens with zero attached hydrogens (tertiary/aromatic N) is 2. The van der Waals surface area contributed by atoms with Crippen LogP contribution < -0.4 is 4.31 Å². The molecule has 0 fully saturated rings. The third kappa shape index (κ3) is 4.88. The second-order valence-electron chi connectivity index (χ2n) is 6.40. The summed E-state index contributed by atoms with van der Waals surface area (Å²) in [6, 6.07) is 19.1. The van der Waals surface area contributed by atoms with Crippen molar-refractivity contribution in [3.8, 4) is 0 Å². The molecule has 0 saturated heterocycles. The summed E-state index contributed by atoms with van der Waals surface area (Å²) in [6.45, 7) is 2.53. The zero-order valence-electron chi connectivity index (χ0n) is 16.1. The van der Waals surface area contributed by atoms with E-state index in [1.165, 1.54) is 16.4 Å². The van der Waals surface area contributed by atoms with E-state index in [4.69, 9.17) is 0 Å². The van der Waals surface area contributed by atoms with Gasteiger partial charge in [0.1, 0.15) is 0 Å². The van der Waals surface area contributed by atoms with Crippen molar-refractivity contribution in [3.05, 3.63) is 81.0 Å². The lowest BCUT2D eigenvalue weighted by atomic mass is 10.2. The number of para-hydroxylation sites is 1. The zero-order valence-corrected chi connectivity index (χ0v) is 19.3. The molecule has 1 aromatic heterocycles. The van der Waals surface area contributed by atoms with Crippen LogP contribution in [0, 0.1) is 0 Å². The van der Waals surface area contributed by atoms with E-state index in [0.717, 1.165) is 8.66 Å². The smallest absolute Gasteiger partial charge is 0.264 e. The number of thiophene rings is 1. The molecule has 5 nitrogen and oxygen atoms in total. The minimum absolute atomic E-state index is 0.0984. The number of halogens is 1. The van der Waals surface area contributed by atoms with Crippen LogP contribution in [0.3, 0.4) is 0 Å². The van der Waals surface area contributed by atoms with E-state index in [-0.39, 0.29) is 17.3 Å². The molecule has 0 unspecified atom stereocenters. The van der Waals surface area contributed by atoms with Gasteiger partial charge in [-0.1, -0.05) is 24.3 Å². The SMILES string of the molecule is CCN(c1ccccc1)S(=O)(=O)c1cccc(C(=O)N(C)Cc2ccc(Br)s2)c1. The van der Waals surface area contributed by atoms with Gasteiger partial charge < -0.3 is 4.90 Å². The van der Waals surface area contributed by atoms with Crippen molar-refractivity contribution in [2.24, 2.45) is 0 Å². The van der Waals surface area contributed by atoms with E-state index >= 15 is 0 Å². The molecule has 152 valence electrons. The largest absolute Gasteiger partial charge is 0.337 e. The van der Waals surface area contributed by atoms with Gasteiger partial charge in [-0.15, -0.1) is 11.3 Å². The van der Waals surface area contributed by atoms with Gasteiger partial charge in [-0.2, -0.15) is 0 Å². The highest BCUT2D eigenvalue weighted by Gasteiger charge is 2.25. The minimum Gasteiger partial charge on any atom is -0.337 e. The molecule has 2 aromatic carbocycles. The van der Waals surface area contributed by atoms with Crippen LogP contribution in [0.1, 0.15) is 22.2 Å². The first-order valence-electron chi connectivity index (χ1n) is 9.00. The second kappa shape index (κ2) is 9.11. The Labute approximate surface area is 183 Å². The van der Waals surface area contributed by atoms with Gasteiger partial charge in [0.15, 0.2) is 0 Å². The topological polar surface area (TPSA) is 57.7 Å². The van der Waals surface area contributed by atoms with E-state index < -0.39 is 10.0 Å². The third-order valence-corrected chi connectivity index (χ3v) is 7.88. The maximum Gasteiger partial charge on any atom is 0.264 e. The number of anilines is 1. The Balaban J connectivity index is 1.87. The van der Waals surface area contributed by atoms with E-state index in [1.54, 1.807) is 66.6 Å². The maximum atomic E-state index is 13.2. The molecule has 0 spiro atoms. The van der Waals surface area contributed by atoms with Crippen molar-refractivity contribution in [2.75, 3.05) is 17.9 Å². The van der Waals surface area contributed by atoms with E-state index in [9.17, 15) is 13.2 Å². The molecule has 8 heteroatoms. The van der Waals surface area contributed by atoms with Gasteiger partial charge >= 0.3 is 0 Å². The Morgan fingerprint density at radius 1 is 1.03 bits per heavy atom. The number of carbonyl (C=O) groups is 1. The average molecular weight is 493 g/mol. The second-order valence-corrected chi connectivity index (χ2v) is 10.8. The maximum absolute atomic E-state index is 13.2. The lowest BCUT2D eigenvalue weighted by Gasteiger charge is -2.23. The van der Waals surface area contributed by atoms with Crippen molar-refractivity contribution in [1.29, 1.82) is 0 Å². The Kier molecular flexibility index (Phi) is 6.77. The van der Waals surface area contributed by atoms with Crippen LogP contribution in [0.15, 0.2) is 75.4 Å². The number of rotatable bonds is 7. The monoisotopic (exact) mass is 492 g/mol. The number of carbonyl (C=O) groups excluding carboxylic acids is 1. The van der Waals surface area contributed by atoms with Gasteiger partial charge in [-0.3, -0.25) is 9.10 Å². The van der Waals surface area contributed by atoms with Gasteiger partial charge in [0.05, 0.1) is 20.9 Å². The normalized spacial score (nSPS) is 11.3. The predicted molar refractivity (Wildman–Crippen MR) is 121 cm³/mol. The number of amides is 1. The molecule has 3 rings (SSSR count). The summed E-state index contributed by atoms with van der Waals surface area (Å²) in [5, 5.41) is 0. The molecule has 0 aliphatic rings. The Hall–Kier alpha value is -2.16. The highest BCUT2D eigenvalue weighted by atomic mass is 79.9. The molecule has 0 radical (unpaired) electrons. The van der Waals surface area contributed by atoms with Crippen molar-refractivity contribution in [2.45, 2.75) is 18.4 Å². The summed E-state index contributed by atoms with van der Waals surface area (Å²) in [4.78, 5) is 15.6. The van der Waals surface area contributed by atoms with Gasteiger partial charge in [-0.05, 0) is 65.3 Å². The zero-order chi connectivity index (χ0) is 21.0. The molecular formula is C21H21BrN2O3S2. The fourth-order valence-electron chi connectivity index (χ4n) is 2.97. The summed E-state index contributed by atoms with van der Waals surface area (Å²) in [5.74, 6) is -0.227. The lowest BCUT2D eigenvalue weighted by molar-refractivity contribution is 0.0786. The average Bonchev–Trinajstić information content (AvgIpc) is 3.13. The summed E-state index contributed by atoms with van der Waals surface area (Å²) in [5.41, 5.74) is 0.931. The van der Waals surface area contributed by atoms with Crippen LogP contribution in [0.2, 0.25) is 0 Å². The fraction of sp³-hybridized carbons (Fsp3) is 0.190. The van der Waals surface area contributed by atoms with E-state index in [0.29, 0.717) is 17.8 Å². The summed E-state index contributed by atoms with van der Waals surface area (Å²) < 4.78 is 28.7. The van der Waals surface area contributed by atoms with Crippen LogP contribution in [-0.4, -0.2) is 32.8 Å². The third-order valence-electron chi connectivity index (χ3n) is 4.37. The van der Waals surface area contributed by atoms with Crippen LogP contribution in [0.5, 0.6) is 0 Å². The van der Waals surface area contributed by atoms with Crippen LogP contribution in [-0.2, 0) is 16.6 Å². The van der Waals surface area contributed by atoms with Gasteiger partial charge in [0, 0.05) is 24.0 Å². The number of benzene rings is 2. The predicted octanol–water partition coefficient (Wildman–Crippen LogP) is 5.00. The van der Waals surface area contributed by atoms with Crippen molar-refractivity contribution in [3.63, 3.8) is 0 Å². The molecule has 0 aliphatic carbocycles. The fourth-order valence-corrected chi connectivity index (χ4v) is 6.02. The molecule has 0 atom stereocenters. The molecule has 29 heavy (non-hydrogen) atoms. The molecule has 0 aliphatic heterocycles.